The molecule has 1 spiro atoms. The third kappa shape index (κ3) is 4.87. The Hall–Kier alpha value is -7.43. The molecule has 278 valence electrons. The molecule has 0 bridgehead atoms. The van der Waals surface area contributed by atoms with Crippen molar-refractivity contribution in [3.63, 3.8) is 0 Å². The van der Waals surface area contributed by atoms with Crippen molar-refractivity contribution in [2.75, 3.05) is 0 Å². The molecule has 59 heavy (non-hydrogen) atoms. The molecule has 0 atom stereocenters. The summed E-state index contributed by atoms with van der Waals surface area (Å²) in [6, 6.07) is 67.0. The van der Waals surface area contributed by atoms with Gasteiger partial charge in [0.25, 0.3) is 0 Å². The van der Waals surface area contributed by atoms with E-state index in [9.17, 15) is 0 Å². The Balaban J connectivity index is 1.01. The lowest BCUT2D eigenvalue weighted by atomic mass is 9.66. The second-order valence-corrected chi connectivity index (χ2v) is 16.3. The van der Waals surface area contributed by atoms with Crippen LogP contribution in [0.25, 0.3) is 67.5 Å². The lowest BCUT2D eigenvalue weighted by molar-refractivity contribution is 0.436. The molecule has 0 unspecified atom stereocenters. The Morgan fingerprint density at radius 1 is 0.322 bits per heavy atom. The second kappa shape index (κ2) is 12.5. The zero-order chi connectivity index (χ0) is 39.3. The summed E-state index contributed by atoms with van der Waals surface area (Å²) in [5, 5.41) is 0. The van der Waals surface area contributed by atoms with Crippen molar-refractivity contribution in [3.05, 3.63) is 221 Å². The number of fused-ring (bicyclic) bond motifs is 12. The Kier molecular flexibility index (Phi) is 7.16. The molecule has 2 aliphatic carbocycles. The van der Waals surface area contributed by atoms with Gasteiger partial charge in [0.05, 0.1) is 5.41 Å². The van der Waals surface area contributed by atoms with Crippen molar-refractivity contribution < 1.29 is 4.74 Å². The molecule has 0 saturated heterocycles. The third-order valence-corrected chi connectivity index (χ3v) is 12.8. The Morgan fingerprint density at radius 2 is 0.780 bits per heavy atom. The number of aromatic nitrogens is 3. The number of hydrogen-bond acceptors (Lipinski definition) is 4. The summed E-state index contributed by atoms with van der Waals surface area (Å²) in [6.45, 7) is 4.61. The lowest BCUT2D eigenvalue weighted by Crippen LogP contribution is -2.32. The van der Waals surface area contributed by atoms with Crippen LogP contribution in [0.1, 0.15) is 47.2 Å². The molecule has 12 rings (SSSR count). The SMILES string of the molecule is CC1(C)c2ccccc2-c2ccc(-c3nc(-c4ccccc4)nc(-c4cccc(-c5ccc6c(c5)C5(c7ccccc7O6)c6ccccc6-c6ccccc65)c4)n3)cc21. The largest absolute Gasteiger partial charge is 0.457 e. The van der Waals surface area contributed by atoms with Crippen molar-refractivity contribution in [1.82, 2.24) is 15.0 Å². The van der Waals surface area contributed by atoms with E-state index in [-0.39, 0.29) is 5.41 Å². The minimum Gasteiger partial charge on any atom is -0.457 e. The summed E-state index contributed by atoms with van der Waals surface area (Å²) in [6.07, 6.45) is 0. The molecular formula is C55H37N3O. The molecule has 4 nitrogen and oxygen atoms in total. The van der Waals surface area contributed by atoms with Crippen LogP contribution >= 0.6 is 0 Å². The average molecular weight is 756 g/mol. The van der Waals surface area contributed by atoms with Crippen LogP contribution in [0.3, 0.4) is 0 Å². The molecule has 0 radical (unpaired) electrons. The molecule has 0 fully saturated rings. The molecule has 4 heteroatoms. The quantitative estimate of drug-likeness (QED) is 0.179. The molecule has 1 aliphatic heterocycles. The molecule has 0 N–H and O–H groups in total. The third-order valence-electron chi connectivity index (χ3n) is 12.8. The van der Waals surface area contributed by atoms with E-state index >= 15 is 0 Å². The smallest absolute Gasteiger partial charge is 0.164 e. The minimum atomic E-state index is -0.537. The van der Waals surface area contributed by atoms with Gasteiger partial charge in [0.15, 0.2) is 17.5 Å². The van der Waals surface area contributed by atoms with Crippen molar-refractivity contribution in [3.8, 4) is 79.0 Å². The van der Waals surface area contributed by atoms with Crippen LogP contribution in [-0.2, 0) is 10.8 Å². The van der Waals surface area contributed by atoms with E-state index in [1.807, 2.05) is 18.2 Å². The van der Waals surface area contributed by atoms with Gasteiger partial charge in [0, 0.05) is 33.2 Å². The summed E-state index contributed by atoms with van der Waals surface area (Å²) in [5.41, 5.74) is 16.9. The molecule has 8 aromatic carbocycles. The minimum absolute atomic E-state index is 0.141. The van der Waals surface area contributed by atoms with Gasteiger partial charge in [-0.05, 0) is 86.0 Å². The van der Waals surface area contributed by atoms with E-state index in [1.165, 1.54) is 44.5 Å². The predicted molar refractivity (Wildman–Crippen MR) is 237 cm³/mol. The van der Waals surface area contributed by atoms with Crippen LogP contribution in [0.4, 0.5) is 0 Å². The first-order valence-electron chi connectivity index (χ1n) is 20.3. The van der Waals surface area contributed by atoms with Gasteiger partial charge in [-0.15, -0.1) is 0 Å². The molecule has 2 heterocycles. The van der Waals surface area contributed by atoms with Crippen LogP contribution in [0.15, 0.2) is 188 Å². The van der Waals surface area contributed by atoms with Gasteiger partial charge < -0.3 is 4.74 Å². The Morgan fingerprint density at radius 3 is 1.49 bits per heavy atom. The Bertz CT molecular complexity index is 3140. The number of nitrogens with zero attached hydrogens (tertiary/aromatic N) is 3. The molecule has 1 aromatic heterocycles. The summed E-state index contributed by atoms with van der Waals surface area (Å²) >= 11 is 0. The summed E-state index contributed by atoms with van der Waals surface area (Å²) in [5.74, 6) is 3.68. The highest BCUT2D eigenvalue weighted by Crippen LogP contribution is 2.62. The first-order chi connectivity index (χ1) is 29.0. The van der Waals surface area contributed by atoms with Gasteiger partial charge in [-0.1, -0.05) is 172 Å². The van der Waals surface area contributed by atoms with Crippen molar-refractivity contribution in [2.45, 2.75) is 24.7 Å². The van der Waals surface area contributed by atoms with E-state index < -0.39 is 5.41 Å². The van der Waals surface area contributed by atoms with Gasteiger partial charge >= 0.3 is 0 Å². The standard InChI is InChI=1S/C55H37N3O/c1-54(2)43-22-9-6-19-39(43)42-29-27-38(33-47(42)54)53-57-51(34-15-4-3-5-16-34)56-52(58-53)37-18-14-17-35(31-37)36-28-30-50-48(32-36)55(46-25-12-13-26-49(46)59-50)44-23-10-7-20-40(44)41-21-8-11-24-45(41)55/h3-33H,1-2H3. The average Bonchev–Trinajstić information content (AvgIpc) is 3.72. The molecule has 9 aromatic rings. The normalized spacial score (nSPS) is 14.3. The van der Waals surface area contributed by atoms with Gasteiger partial charge in [-0.3, -0.25) is 0 Å². The molecular weight excluding hydrogens is 719 g/mol. The number of para-hydroxylation sites is 1. The van der Waals surface area contributed by atoms with Crippen molar-refractivity contribution in [1.29, 1.82) is 0 Å². The van der Waals surface area contributed by atoms with Gasteiger partial charge in [0.1, 0.15) is 11.5 Å². The fraction of sp³-hybridized carbons (Fsp3) is 0.0727. The van der Waals surface area contributed by atoms with Crippen molar-refractivity contribution >= 4 is 0 Å². The van der Waals surface area contributed by atoms with E-state index in [1.54, 1.807) is 0 Å². The summed E-state index contributed by atoms with van der Waals surface area (Å²) < 4.78 is 6.72. The van der Waals surface area contributed by atoms with Gasteiger partial charge in [0.2, 0.25) is 0 Å². The highest BCUT2D eigenvalue weighted by Gasteiger charge is 2.51. The molecule has 0 amide bonds. The molecule has 0 saturated carbocycles. The van der Waals surface area contributed by atoms with Crippen molar-refractivity contribution in [2.24, 2.45) is 0 Å². The van der Waals surface area contributed by atoms with Crippen LogP contribution in [0.2, 0.25) is 0 Å². The first-order valence-corrected chi connectivity index (χ1v) is 20.3. The van der Waals surface area contributed by atoms with Crippen LogP contribution in [-0.4, -0.2) is 15.0 Å². The lowest BCUT2D eigenvalue weighted by Gasteiger charge is -2.39. The van der Waals surface area contributed by atoms with Crippen LogP contribution in [0.5, 0.6) is 11.5 Å². The fourth-order valence-electron chi connectivity index (χ4n) is 10.1. The fourth-order valence-corrected chi connectivity index (χ4v) is 10.1. The van der Waals surface area contributed by atoms with Gasteiger partial charge in [-0.2, -0.15) is 0 Å². The summed E-state index contributed by atoms with van der Waals surface area (Å²) in [4.78, 5) is 15.5. The number of rotatable bonds is 4. The van der Waals surface area contributed by atoms with Crippen LogP contribution in [0, 0.1) is 0 Å². The Labute approximate surface area is 343 Å². The number of hydrogen-bond donors (Lipinski definition) is 0. The zero-order valence-electron chi connectivity index (χ0n) is 32.6. The van der Waals surface area contributed by atoms with E-state index in [4.69, 9.17) is 19.7 Å². The predicted octanol–water partition coefficient (Wildman–Crippen LogP) is 13.3. The summed E-state index contributed by atoms with van der Waals surface area (Å²) in [7, 11) is 0. The van der Waals surface area contributed by atoms with E-state index in [0.717, 1.165) is 50.4 Å². The number of benzene rings is 8. The second-order valence-electron chi connectivity index (χ2n) is 16.3. The highest BCUT2D eigenvalue weighted by molar-refractivity contribution is 5.89. The monoisotopic (exact) mass is 755 g/mol. The maximum absolute atomic E-state index is 6.72. The first kappa shape index (κ1) is 33.7. The van der Waals surface area contributed by atoms with E-state index in [0.29, 0.717) is 17.5 Å². The maximum atomic E-state index is 6.72. The highest BCUT2D eigenvalue weighted by atomic mass is 16.5. The zero-order valence-corrected chi connectivity index (χ0v) is 32.6. The van der Waals surface area contributed by atoms with E-state index in [2.05, 4.69) is 184 Å². The van der Waals surface area contributed by atoms with Gasteiger partial charge in [-0.25, -0.2) is 15.0 Å². The maximum Gasteiger partial charge on any atom is 0.164 e. The van der Waals surface area contributed by atoms with Crippen LogP contribution < -0.4 is 4.74 Å². The topological polar surface area (TPSA) is 47.9 Å². The number of ether oxygens (including phenoxy) is 1. The molecule has 3 aliphatic rings.